The molecule has 1 aliphatic heterocycles. The quantitative estimate of drug-likeness (QED) is 0.867. The zero-order valence-electron chi connectivity index (χ0n) is 13.8. The molecule has 0 bridgehead atoms. The van der Waals surface area contributed by atoms with Gasteiger partial charge in [-0.3, -0.25) is 0 Å². The van der Waals surface area contributed by atoms with E-state index in [1.54, 1.807) is 7.11 Å². The van der Waals surface area contributed by atoms with Gasteiger partial charge >= 0.3 is 0 Å². The second-order valence-electron chi connectivity index (χ2n) is 6.11. The summed E-state index contributed by atoms with van der Waals surface area (Å²) in [6.45, 7) is 3.44. The van der Waals surface area contributed by atoms with Crippen LogP contribution in [0.4, 0.5) is 0 Å². The summed E-state index contributed by atoms with van der Waals surface area (Å²) in [6.07, 6.45) is 2.61. The molecule has 1 aliphatic rings. The van der Waals surface area contributed by atoms with E-state index in [0.717, 1.165) is 12.3 Å². The first-order valence-corrected chi connectivity index (χ1v) is 7.84. The summed E-state index contributed by atoms with van der Waals surface area (Å²) in [4.78, 5) is 4.94. The molecule has 1 aromatic carbocycles. The van der Waals surface area contributed by atoms with Crippen LogP contribution in [0.2, 0.25) is 0 Å². The van der Waals surface area contributed by atoms with E-state index in [1.807, 2.05) is 19.2 Å². The summed E-state index contributed by atoms with van der Waals surface area (Å²) in [5.74, 6) is 0.913. The first-order valence-electron chi connectivity index (χ1n) is 7.84. The number of nitrogens with zero attached hydrogens (tertiary/aromatic N) is 2. The van der Waals surface area contributed by atoms with Gasteiger partial charge in [-0.2, -0.15) is 0 Å². The highest BCUT2D eigenvalue weighted by Gasteiger charge is 2.23. The monoisotopic (exact) mass is 291 g/mol. The Balaban J connectivity index is 1.97. The smallest absolute Gasteiger partial charge is 0.118 e. The number of methoxy groups -OCH3 is 1. The molecule has 2 atom stereocenters. The molecular formula is C17H29N3O. The van der Waals surface area contributed by atoms with Crippen LogP contribution in [-0.4, -0.2) is 63.7 Å². The summed E-state index contributed by atoms with van der Waals surface area (Å²) in [5.41, 5.74) is 1.31. The third-order valence-corrected chi connectivity index (χ3v) is 4.56. The van der Waals surface area contributed by atoms with E-state index in [1.165, 1.54) is 31.5 Å². The lowest BCUT2D eigenvalue weighted by atomic mass is 10.0. The number of nitrogens with one attached hydrogen (secondary N) is 1. The first kappa shape index (κ1) is 16.3. The summed E-state index contributed by atoms with van der Waals surface area (Å²) >= 11 is 0. The van der Waals surface area contributed by atoms with Crippen LogP contribution < -0.4 is 10.1 Å². The van der Waals surface area contributed by atoms with Crippen molar-refractivity contribution in [3.63, 3.8) is 0 Å². The van der Waals surface area contributed by atoms with Crippen molar-refractivity contribution in [2.45, 2.75) is 24.9 Å². The Morgan fingerprint density at radius 1 is 1.38 bits per heavy atom. The van der Waals surface area contributed by atoms with Crippen molar-refractivity contribution in [1.82, 2.24) is 15.1 Å². The second kappa shape index (κ2) is 7.78. The fraction of sp³-hybridized carbons (Fsp3) is 0.647. The predicted octanol–water partition coefficient (Wildman–Crippen LogP) is 1.98. The largest absolute Gasteiger partial charge is 0.497 e. The van der Waals surface area contributed by atoms with Gasteiger partial charge in [-0.1, -0.05) is 12.1 Å². The number of hydrogen-bond acceptors (Lipinski definition) is 4. The molecule has 4 nitrogen and oxygen atoms in total. The minimum absolute atomic E-state index is 0.355. The van der Waals surface area contributed by atoms with Crippen LogP contribution in [0, 0.1) is 0 Å². The molecular weight excluding hydrogens is 262 g/mol. The third-order valence-electron chi connectivity index (χ3n) is 4.56. The molecule has 1 aromatic rings. The Hall–Kier alpha value is -1.10. The van der Waals surface area contributed by atoms with E-state index < -0.39 is 0 Å². The molecule has 1 N–H and O–H groups in total. The summed E-state index contributed by atoms with van der Waals surface area (Å²) < 4.78 is 5.23. The van der Waals surface area contributed by atoms with Crippen molar-refractivity contribution in [3.8, 4) is 5.75 Å². The number of benzene rings is 1. The Labute approximate surface area is 129 Å². The van der Waals surface area contributed by atoms with Gasteiger partial charge in [0.15, 0.2) is 0 Å². The Kier molecular flexibility index (Phi) is 6.03. The highest BCUT2D eigenvalue weighted by Crippen LogP contribution is 2.20. The van der Waals surface area contributed by atoms with E-state index in [2.05, 4.69) is 41.3 Å². The maximum absolute atomic E-state index is 5.23. The molecule has 0 aliphatic carbocycles. The SMILES string of the molecule is CNC(CN(C)C1CCCN(C)C1)c1ccc(OC)cc1. The molecule has 0 saturated carbocycles. The highest BCUT2D eigenvalue weighted by molar-refractivity contribution is 5.29. The van der Waals surface area contributed by atoms with E-state index in [0.29, 0.717) is 12.1 Å². The van der Waals surface area contributed by atoms with Gasteiger partial charge in [0, 0.05) is 25.2 Å². The van der Waals surface area contributed by atoms with Crippen LogP contribution in [0.15, 0.2) is 24.3 Å². The van der Waals surface area contributed by atoms with E-state index in [-0.39, 0.29) is 0 Å². The normalized spacial score (nSPS) is 21.5. The fourth-order valence-electron chi connectivity index (χ4n) is 3.14. The van der Waals surface area contributed by atoms with Gasteiger partial charge in [0.1, 0.15) is 5.75 Å². The van der Waals surface area contributed by atoms with Crippen molar-refractivity contribution in [1.29, 1.82) is 0 Å². The molecule has 0 spiro atoms. The van der Waals surface area contributed by atoms with Crippen LogP contribution in [-0.2, 0) is 0 Å². The van der Waals surface area contributed by atoms with Crippen LogP contribution >= 0.6 is 0 Å². The molecule has 1 heterocycles. The average Bonchev–Trinajstić information content (AvgIpc) is 2.52. The van der Waals surface area contributed by atoms with E-state index >= 15 is 0 Å². The number of rotatable bonds is 6. The van der Waals surface area contributed by atoms with Gasteiger partial charge < -0.3 is 19.9 Å². The molecule has 2 unspecified atom stereocenters. The van der Waals surface area contributed by atoms with E-state index in [4.69, 9.17) is 4.74 Å². The Morgan fingerprint density at radius 3 is 2.67 bits per heavy atom. The molecule has 1 fully saturated rings. The molecule has 0 aromatic heterocycles. The predicted molar refractivity (Wildman–Crippen MR) is 87.9 cm³/mol. The van der Waals surface area contributed by atoms with Crippen molar-refractivity contribution in [3.05, 3.63) is 29.8 Å². The average molecular weight is 291 g/mol. The van der Waals surface area contributed by atoms with Crippen molar-refractivity contribution >= 4 is 0 Å². The topological polar surface area (TPSA) is 27.7 Å². The van der Waals surface area contributed by atoms with Gasteiger partial charge in [-0.05, 0) is 58.2 Å². The molecule has 21 heavy (non-hydrogen) atoms. The number of ether oxygens (including phenoxy) is 1. The highest BCUT2D eigenvalue weighted by atomic mass is 16.5. The van der Waals surface area contributed by atoms with Gasteiger partial charge in [0.05, 0.1) is 7.11 Å². The number of likely N-dealkylation sites (tertiary alicyclic amines) is 1. The molecule has 118 valence electrons. The van der Waals surface area contributed by atoms with Gasteiger partial charge in [0.25, 0.3) is 0 Å². The van der Waals surface area contributed by atoms with Gasteiger partial charge in [-0.15, -0.1) is 0 Å². The zero-order chi connectivity index (χ0) is 15.2. The second-order valence-corrected chi connectivity index (χ2v) is 6.11. The maximum atomic E-state index is 5.23. The first-order chi connectivity index (χ1) is 10.1. The number of hydrogen-bond donors (Lipinski definition) is 1. The van der Waals surface area contributed by atoms with Crippen molar-refractivity contribution in [2.24, 2.45) is 0 Å². The maximum Gasteiger partial charge on any atom is 0.118 e. The van der Waals surface area contributed by atoms with Crippen molar-refractivity contribution < 1.29 is 4.74 Å². The minimum atomic E-state index is 0.355. The molecule has 0 radical (unpaired) electrons. The van der Waals surface area contributed by atoms with Crippen molar-refractivity contribution in [2.75, 3.05) is 47.9 Å². The standard InChI is InChI=1S/C17H29N3O/c1-18-17(14-7-9-16(21-4)10-8-14)13-20(3)15-6-5-11-19(2)12-15/h7-10,15,17-18H,5-6,11-13H2,1-4H3. The number of likely N-dealkylation sites (N-methyl/N-ethyl adjacent to an activating group) is 3. The van der Waals surface area contributed by atoms with Gasteiger partial charge in [-0.25, -0.2) is 0 Å². The molecule has 2 rings (SSSR count). The molecule has 4 heteroatoms. The summed E-state index contributed by atoms with van der Waals surface area (Å²) in [5, 5.41) is 3.44. The number of piperidine rings is 1. The van der Waals surface area contributed by atoms with Crippen LogP contribution in [0.1, 0.15) is 24.4 Å². The van der Waals surface area contributed by atoms with E-state index in [9.17, 15) is 0 Å². The zero-order valence-corrected chi connectivity index (χ0v) is 13.8. The third kappa shape index (κ3) is 4.43. The lowest BCUT2D eigenvalue weighted by molar-refractivity contribution is 0.126. The fourth-order valence-corrected chi connectivity index (χ4v) is 3.14. The lowest BCUT2D eigenvalue weighted by Crippen LogP contribution is -2.47. The Bertz CT molecular complexity index is 421. The lowest BCUT2D eigenvalue weighted by Gasteiger charge is -2.37. The summed E-state index contributed by atoms with van der Waals surface area (Å²) in [7, 11) is 8.21. The Morgan fingerprint density at radius 2 is 2.10 bits per heavy atom. The van der Waals surface area contributed by atoms with Gasteiger partial charge in [0.2, 0.25) is 0 Å². The minimum Gasteiger partial charge on any atom is -0.497 e. The van der Waals surface area contributed by atoms with Crippen LogP contribution in [0.25, 0.3) is 0 Å². The summed E-state index contributed by atoms with van der Waals surface area (Å²) in [6, 6.07) is 9.40. The molecule has 1 saturated heterocycles. The van der Waals surface area contributed by atoms with Crippen LogP contribution in [0.5, 0.6) is 5.75 Å². The van der Waals surface area contributed by atoms with Crippen LogP contribution in [0.3, 0.4) is 0 Å². The molecule has 0 amide bonds.